The Kier molecular flexibility index (Phi) is 5.38. The zero-order valence-electron chi connectivity index (χ0n) is 12.7. The Morgan fingerprint density at radius 1 is 1.35 bits per heavy atom. The van der Waals surface area contributed by atoms with Gasteiger partial charge in [0, 0.05) is 33.3 Å². The van der Waals surface area contributed by atoms with Crippen molar-refractivity contribution in [2.24, 2.45) is 5.73 Å². The van der Waals surface area contributed by atoms with Gasteiger partial charge in [-0.1, -0.05) is 6.07 Å². The number of aryl methyl sites for hydroxylation is 2. The molecule has 0 amide bonds. The van der Waals surface area contributed by atoms with E-state index < -0.39 is 0 Å². The molecule has 2 rings (SSSR count). The van der Waals surface area contributed by atoms with E-state index in [9.17, 15) is 0 Å². The summed E-state index contributed by atoms with van der Waals surface area (Å²) < 4.78 is 0. The van der Waals surface area contributed by atoms with Gasteiger partial charge in [0.25, 0.3) is 0 Å². The Hall–Kier alpha value is -0.680. The van der Waals surface area contributed by atoms with E-state index in [1.807, 2.05) is 22.7 Å². The van der Waals surface area contributed by atoms with Crippen LogP contribution in [0.2, 0.25) is 0 Å². The lowest BCUT2D eigenvalue weighted by Gasteiger charge is -2.32. The summed E-state index contributed by atoms with van der Waals surface area (Å²) in [5.41, 5.74) is 7.46. The maximum absolute atomic E-state index is 6.06. The molecule has 0 saturated carbocycles. The molecule has 2 nitrogen and oxygen atoms in total. The first-order chi connectivity index (χ1) is 9.52. The number of nitrogens with two attached hydrogens (primary N) is 1. The number of likely N-dealkylation sites (N-methyl/N-ethyl adjacent to an activating group) is 1. The van der Waals surface area contributed by atoms with Crippen LogP contribution in [-0.4, -0.2) is 24.5 Å². The molecule has 2 heterocycles. The first kappa shape index (κ1) is 15.7. The Morgan fingerprint density at radius 3 is 2.60 bits per heavy atom. The lowest BCUT2D eigenvalue weighted by molar-refractivity contribution is 0.188. The summed E-state index contributed by atoms with van der Waals surface area (Å²) in [6.07, 6.45) is 1.09. The molecule has 2 atom stereocenters. The van der Waals surface area contributed by atoms with E-state index >= 15 is 0 Å². The van der Waals surface area contributed by atoms with Crippen LogP contribution in [0.1, 0.15) is 33.2 Å². The van der Waals surface area contributed by atoms with Crippen LogP contribution in [0, 0.1) is 13.8 Å². The highest BCUT2D eigenvalue weighted by molar-refractivity contribution is 7.12. The Morgan fingerprint density at radius 2 is 2.10 bits per heavy atom. The average Bonchev–Trinajstić information content (AvgIpc) is 3.01. The van der Waals surface area contributed by atoms with Gasteiger partial charge in [-0.15, -0.1) is 22.7 Å². The second kappa shape index (κ2) is 6.85. The molecule has 2 aromatic heterocycles. The van der Waals surface area contributed by atoms with Gasteiger partial charge in [0.2, 0.25) is 0 Å². The summed E-state index contributed by atoms with van der Waals surface area (Å²) in [5.74, 6) is 0. The molecule has 0 radical (unpaired) electrons. The third-order valence-electron chi connectivity index (χ3n) is 3.93. The zero-order valence-corrected chi connectivity index (χ0v) is 14.4. The van der Waals surface area contributed by atoms with Crippen molar-refractivity contribution in [1.29, 1.82) is 0 Å². The van der Waals surface area contributed by atoms with Crippen LogP contribution in [-0.2, 0) is 6.42 Å². The molecule has 0 aliphatic heterocycles. The SMILES string of the molecule is Cc1cc(C(CN)N(C)C(C)Cc2cccs2)c(C)s1. The fourth-order valence-electron chi connectivity index (χ4n) is 2.66. The summed E-state index contributed by atoms with van der Waals surface area (Å²) in [4.78, 5) is 6.63. The van der Waals surface area contributed by atoms with Gasteiger partial charge in [0.05, 0.1) is 0 Å². The molecule has 2 aromatic rings. The summed E-state index contributed by atoms with van der Waals surface area (Å²) in [6.45, 7) is 7.33. The summed E-state index contributed by atoms with van der Waals surface area (Å²) >= 11 is 3.70. The van der Waals surface area contributed by atoms with Crippen LogP contribution < -0.4 is 5.73 Å². The second-order valence-electron chi connectivity index (χ2n) is 5.42. The van der Waals surface area contributed by atoms with Gasteiger partial charge in [0.1, 0.15) is 0 Å². The van der Waals surface area contributed by atoms with E-state index in [0.717, 1.165) is 6.42 Å². The van der Waals surface area contributed by atoms with E-state index in [1.54, 1.807) is 0 Å². The third kappa shape index (κ3) is 3.50. The highest BCUT2D eigenvalue weighted by Crippen LogP contribution is 2.30. The Balaban J connectivity index is 2.12. The van der Waals surface area contributed by atoms with Crippen molar-refractivity contribution in [1.82, 2.24) is 4.90 Å². The Labute approximate surface area is 130 Å². The fourth-order valence-corrected chi connectivity index (χ4v) is 4.47. The van der Waals surface area contributed by atoms with Crippen LogP contribution >= 0.6 is 22.7 Å². The van der Waals surface area contributed by atoms with Crippen molar-refractivity contribution in [3.8, 4) is 0 Å². The highest BCUT2D eigenvalue weighted by Gasteiger charge is 2.23. The first-order valence-corrected chi connectivity index (χ1v) is 8.73. The monoisotopic (exact) mass is 308 g/mol. The molecule has 0 bridgehead atoms. The topological polar surface area (TPSA) is 29.3 Å². The third-order valence-corrected chi connectivity index (χ3v) is 5.81. The van der Waals surface area contributed by atoms with Crippen molar-refractivity contribution < 1.29 is 0 Å². The van der Waals surface area contributed by atoms with E-state index in [0.29, 0.717) is 18.6 Å². The predicted molar refractivity (Wildman–Crippen MR) is 90.8 cm³/mol. The molecule has 2 N–H and O–H groups in total. The summed E-state index contributed by atoms with van der Waals surface area (Å²) in [5, 5.41) is 2.15. The maximum Gasteiger partial charge on any atom is 0.0481 e. The van der Waals surface area contributed by atoms with Gasteiger partial charge in [-0.2, -0.15) is 0 Å². The van der Waals surface area contributed by atoms with Crippen molar-refractivity contribution in [2.45, 2.75) is 39.3 Å². The largest absolute Gasteiger partial charge is 0.329 e. The van der Waals surface area contributed by atoms with Gasteiger partial charge >= 0.3 is 0 Å². The molecule has 0 fully saturated rings. The molecule has 0 aliphatic carbocycles. The van der Waals surface area contributed by atoms with Gasteiger partial charge in [-0.25, -0.2) is 0 Å². The number of hydrogen-bond acceptors (Lipinski definition) is 4. The van der Waals surface area contributed by atoms with Crippen LogP contribution in [0.4, 0.5) is 0 Å². The standard InChI is InChI=1S/C16H24N2S2/c1-11(8-14-6-5-7-19-14)18(4)16(10-17)15-9-12(2)20-13(15)3/h5-7,9,11,16H,8,10,17H2,1-4H3. The van der Waals surface area contributed by atoms with Gasteiger partial charge in [0.15, 0.2) is 0 Å². The molecule has 110 valence electrons. The van der Waals surface area contributed by atoms with E-state index in [4.69, 9.17) is 5.73 Å². The minimum atomic E-state index is 0.315. The molecule has 0 saturated heterocycles. The van der Waals surface area contributed by atoms with Gasteiger partial charge in [-0.3, -0.25) is 4.90 Å². The quantitative estimate of drug-likeness (QED) is 0.874. The van der Waals surface area contributed by atoms with E-state index in [2.05, 4.69) is 56.3 Å². The van der Waals surface area contributed by atoms with Crippen LogP contribution in [0.3, 0.4) is 0 Å². The zero-order chi connectivity index (χ0) is 14.7. The normalized spacial score (nSPS) is 14.7. The molecular formula is C16H24N2S2. The smallest absolute Gasteiger partial charge is 0.0481 e. The number of hydrogen-bond donors (Lipinski definition) is 1. The minimum Gasteiger partial charge on any atom is -0.329 e. The van der Waals surface area contributed by atoms with Crippen LogP contribution in [0.5, 0.6) is 0 Å². The molecule has 0 aromatic carbocycles. The highest BCUT2D eigenvalue weighted by atomic mass is 32.1. The van der Waals surface area contributed by atoms with E-state index in [-0.39, 0.29) is 0 Å². The van der Waals surface area contributed by atoms with Crippen molar-refractivity contribution in [3.05, 3.63) is 43.8 Å². The number of rotatable bonds is 6. The fraction of sp³-hybridized carbons (Fsp3) is 0.500. The molecule has 20 heavy (non-hydrogen) atoms. The molecule has 2 unspecified atom stereocenters. The lowest BCUT2D eigenvalue weighted by atomic mass is 10.0. The van der Waals surface area contributed by atoms with Crippen LogP contribution in [0.15, 0.2) is 23.6 Å². The number of nitrogens with zero attached hydrogens (tertiary/aromatic N) is 1. The first-order valence-electron chi connectivity index (χ1n) is 7.04. The van der Waals surface area contributed by atoms with E-state index in [1.165, 1.54) is 20.2 Å². The molecular weight excluding hydrogens is 284 g/mol. The molecule has 0 aliphatic rings. The minimum absolute atomic E-state index is 0.315. The predicted octanol–water partition coefficient (Wildman–Crippen LogP) is 3.99. The molecule has 4 heteroatoms. The summed E-state index contributed by atoms with van der Waals surface area (Å²) in [7, 11) is 2.20. The number of thiophene rings is 2. The average molecular weight is 309 g/mol. The van der Waals surface area contributed by atoms with Gasteiger partial charge in [-0.05, 0) is 57.3 Å². The Bertz CT molecular complexity index is 531. The lowest BCUT2D eigenvalue weighted by Crippen LogP contribution is -2.38. The molecule has 0 spiro atoms. The van der Waals surface area contributed by atoms with Crippen molar-refractivity contribution >= 4 is 22.7 Å². The maximum atomic E-state index is 6.06. The summed E-state index contributed by atoms with van der Waals surface area (Å²) in [6, 6.07) is 7.44. The second-order valence-corrected chi connectivity index (χ2v) is 7.91. The van der Waals surface area contributed by atoms with Crippen molar-refractivity contribution in [3.63, 3.8) is 0 Å². The van der Waals surface area contributed by atoms with Gasteiger partial charge < -0.3 is 5.73 Å². The van der Waals surface area contributed by atoms with Crippen LogP contribution in [0.25, 0.3) is 0 Å². The van der Waals surface area contributed by atoms with Crippen molar-refractivity contribution in [2.75, 3.05) is 13.6 Å².